The SMILES string of the molecule is CS(=O)(=O)CCCC(=O)NCCCCN1CCCC1. The van der Waals surface area contributed by atoms with Crippen LogP contribution >= 0.6 is 0 Å². The number of likely N-dealkylation sites (tertiary alicyclic amines) is 1. The topological polar surface area (TPSA) is 66.5 Å². The van der Waals surface area contributed by atoms with E-state index in [1.54, 1.807) is 0 Å². The lowest BCUT2D eigenvalue weighted by Gasteiger charge is -2.13. The Morgan fingerprint density at radius 3 is 2.47 bits per heavy atom. The maximum Gasteiger partial charge on any atom is 0.220 e. The van der Waals surface area contributed by atoms with Gasteiger partial charge in [-0.05, 0) is 51.7 Å². The van der Waals surface area contributed by atoms with E-state index in [0.29, 0.717) is 19.4 Å². The second-order valence-electron chi connectivity index (χ2n) is 5.34. The summed E-state index contributed by atoms with van der Waals surface area (Å²) in [5.41, 5.74) is 0. The highest BCUT2D eigenvalue weighted by atomic mass is 32.2. The minimum absolute atomic E-state index is 0.0372. The Kier molecular flexibility index (Phi) is 7.38. The smallest absolute Gasteiger partial charge is 0.220 e. The van der Waals surface area contributed by atoms with Gasteiger partial charge >= 0.3 is 0 Å². The van der Waals surface area contributed by atoms with E-state index in [4.69, 9.17) is 0 Å². The van der Waals surface area contributed by atoms with Crippen LogP contribution < -0.4 is 5.32 Å². The molecule has 19 heavy (non-hydrogen) atoms. The molecule has 0 aliphatic carbocycles. The van der Waals surface area contributed by atoms with Crippen molar-refractivity contribution in [2.24, 2.45) is 0 Å². The third-order valence-corrected chi connectivity index (χ3v) is 4.37. The molecule has 0 saturated carbocycles. The molecular weight excluding hydrogens is 264 g/mol. The Labute approximate surface area is 116 Å². The van der Waals surface area contributed by atoms with E-state index < -0.39 is 9.84 Å². The Hall–Kier alpha value is -0.620. The second kappa shape index (κ2) is 8.53. The number of hydrogen-bond acceptors (Lipinski definition) is 4. The van der Waals surface area contributed by atoms with E-state index in [-0.39, 0.29) is 11.7 Å². The fourth-order valence-corrected chi connectivity index (χ4v) is 2.95. The summed E-state index contributed by atoms with van der Waals surface area (Å²) in [6.45, 7) is 4.27. The first-order valence-corrected chi connectivity index (χ1v) is 9.20. The van der Waals surface area contributed by atoms with Crippen molar-refractivity contribution in [3.8, 4) is 0 Å². The first-order chi connectivity index (χ1) is 8.97. The van der Waals surface area contributed by atoms with Crippen LogP contribution in [0, 0.1) is 0 Å². The van der Waals surface area contributed by atoms with Crippen LogP contribution in [0.3, 0.4) is 0 Å². The van der Waals surface area contributed by atoms with Gasteiger partial charge in [-0.25, -0.2) is 8.42 Å². The van der Waals surface area contributed by atoms with Gasteiger partial charge in [-0.1, -0.05) is 0 Å². The molecule has 112 valence electrons. The number of carbonyl (C=O) groups is 1. The van der Waals surface area contributed by atoms with Crippen molar-refractivity contribution in [3.63, 3.8) is 0 Å². The van der Waals surface area contributed by atoms with Crippen molar-refractivity contribution in [1.82, 2.24) is 10.2 Å². The minimum atomic E-state index is -2.94. The van der Waals surface area contributed by atoms with Gasteiger partial charge in [-0.15, -0.1) is 0 Å². The molecule has 1 saturated heterocycles. The Balaban J connectivity index is 1.92. The predicted molar refractivity (Wildman–Crippen MR) is 76.9 cm³/mol. The first kappa shape index (κ1) is 16.4. The largest absolute Gasteiger partial charge is 0.356 e. The summed E-state index contributed by atoms with van der Waals surface area (Å²) in [6.07, 6.45) is 6.66. The predicted octanol–water partition coefficient (Wildman–Crippen LogP) is 0.803. The molecule has 1 rings (SSSR count). The minimum Gasteiger partial charge on any atom is -0.356 e. The highest BCUT2D eigenvalue weighted by Crippen LogP contribution is 2.07. The van der Waals surface area contributed by atoms with Gasteiger partial charge in [0.2, 0.25) is 5.91 Å². The summed E-state index contributed by atoms with van der Waals surface area (Å²) in [4.78, 5) is 13.9. The molecule has 0 atom stereocenters. The van der Waals surface area contributed by atoms with Crippen molar-refractivity contribution in [2.45, 2.75) is 38.5 Å². The van der Waals surface area contributed by atoms with E-state index in [0.717, 1.165) is 19.4 Å². The van der Waals surface area contributed by atoms with E-state index in [9.17, 15) is 13.2 Å². The van der Waals surface area contributed by atoms with Crippen LogP contribution in [0.25, 0.3) is 0 Å². The molecule has 0 aromatic heterocycles. The average Bonchev–Trinajstić information content (AvgIpc) is 2.79. The molecule has 0 radical (unpaired) electrons. The molecule has 1 aliphatic rings. The zero-order chi connectivity index (χ0) is 14.1. The zero-order valence-corrected chi connectivity index (χ0v) is 12.7. The number of amides is 1. The lowest BCUT2D eigenvalue weighted by atomic mass is 10.2. The van der Waals surface area contributed by atoms with Crippen LogP contribution in [0.4, 0.5) is 0 Å². The highest BCUT2D eigenvalue weighted by Gasteiger charge is 2.10. The summed E-state index contributed by atoms with van der Waals surface area (Å²) in [5.74, 6) is 0.0554. The molecule has 1 heterocycles. The lowest BCUT2D eigenvalue weighted by molar-refractivity contribution is -0.121. The molecule has 0 aromatic carbocycles. The van der Waals surface area contributed by atoms with Crippen molar-refractivity contribution in [2.75, 3.05) is 38.2 Å². The summed E-state index contributed by atoms with van der Waals surface area (Å²) in [6, 6.07) is 0. The van der Waals surface area contributed by atoms with Gasteiger partial charge < -0.3 is 10.2 Å². The van der Waals surface area contributed by atoms with Crippen molar-refractivity contribution < 1.29 is 13.2 Å². The van der Waals surface area contributed by atoms with Crippen LogP contribution in [0.1, 0.15) is 38.5 Å². The first-order valence-electron chi connectivity index (χ1n) is 7.14. The molecular formula is C13H26N2O3S. The summed E-state index contributed by atoms with van der Waals surface area (Å²) >= 11 is 0. The van der Waals surface area contributed by atoms with Gasteiger partial charge in [-0.3, -0.25) is 4.79 Å². The number of nitrogens with one attached hydrogen (secondary N) is 1. The van der Waals surface area contributed by atoms with Gasteiger partial charge in [0.05, 0.1) is 5.75 Å². The molecule has 0 spiro atoms. The molecule has 0 unspecified atom stereocenters. The number of sulfone groups is 1. The second-order valence-corrected chi connectivity index (χ2v) is 7.60. The Morgan fingerprint density at radius 1 is 1.16 bits per heavy atom. The fraction of sp³-hybridized carbons (Fsp3) is 0.923. The third-order valence-electron chi connectivity index (χ3n) is 3.34. The van der Waals surface area contributed by atoms with Crippen LogP contribution in [-0.4, -0.2) is 57.4 Å². The van der Waals surface area contributed by atoms with E-state index >= 15 is 0 Å². The standard InChI is InChI=1S/C13H26N2O3S/c1-19(17,18)12-6-7-13(16)14-8-2-3-9-15-10-4-5-11-15/h2-12H2,1H3,(H,14,16). The molecule has 1 amide bonds. The van der Waals surface area contributed by atoms with Crippen LogP contribution in [-0.2, 0) is 14.6 Å². The summed E-state index contributed by atoms with van der Waals surface area (Å²) in [5, 5.41) is 2.84. The van der Waals surface area contributed by atoms with Gasteiger partial charge in [-0.2, -0.15) is 0 Å². The summed E-state index contributed by atoms with van der Waals surface area (Å²) in [7, 11) is -2.94. The number of carbonyl (C=O) groups excluding carboxylic acids is 1. The lowest BCUT2D eigenvalue weighted by Crippen LogP contribution is -2.26. The van der Waals surface area contributed by atoms with E-state index in [1.165, 1.54) is 32.2 Å². The Bertz CT molecular complexity index is 362. The van der Waals surface area contributed by atoms with E-state index in [2.05, 4.69) is 10.2 Å². The quantitative estimate of drug-likeness (QED) is 0.638. The van der Waals surface area contributed by atoms with Crippen LogP contribution in [0.15, 0.2) is 0 Å². The highest BCUT2D eigenvalue weighted by molar-refractivity contribution is 7.90. The van der Waals surface area contributed by atoms with Gasteiger partial charge in [0, 0.05) is 19.2 Å². The average molecular weight is 290 g/mol. The van der Waals surface area contributed by atoms with Crippen LogP contribution in [0.2, 0.25) is 0 Å². The molecule has 1 N–H and O–H groups in total. The fourth-order valence-electron chi connectivity index (χ4n) is 2.28. The van der Waals surface area contributed by atoms with Crippen molar-refractivity contribution in [3.05, 3.63) is 0 Å². The molecule has 6 heteroatoms. The number of nitrogens with zero attached hydrogens (tertiary/aromatic N) is 1. The molecule has 1 fully saturated rings. The molecule has 0 aromatic rings. The van der Waals surface area contributed by atoms with Crippen LogP contribution in [0.5, 0.6) is 0 Å². The molecule has 1 aliphatic heterocycles. The van der Waals surface area contributed by atoms with Gasteiger partial charge in [0.15, 0.2) is 0 Å². The van der Waals surface area contributed by atoms with Gasteiger partial charge in [0.25, 0.3) is 0 Å². The molecule has 0 bridgehead atoms. The maximum atomic E-state index is 11.4. The number of rotatable bonds is 9. The molecule has 5 nitrogen and oxygen atoms in total. The van der Waals surface area contributed by atoms with Crippen molar-refractivity contribution >= 4 is 15.7 Å². The van der Waals surface area contributed by atoms with Gasteiger partial charge in [0.1, 0.15) is 9.84 Å². The number of unbranched alkanes of at least 4 members (excludes halogenated alkanes) is 1. The zero-order valence-electron chi connectivity index (χ0n) is 11.9. The van der Waals surface area contributed by atoms with Crippen molar-refractivity contribution in [1.29, 1.82) is 0 Å². The third kappa shape index (κ3) is 8.99. The Morgan fingerprint density at radius 2 is 1.84 bits per heavy atom. The normalized spacial score (nSPS) is 16.7. The monoisotopic (exact) mass is 290 g/mol. The summed E-state index contributed by atoms with van der Waals surface area (Å²) < 4.78 is 21.8. The van der Waals surface area contributed by atoms with E-state index in [1.807, 2.05) is 0 Å². The number of hydrogen-bond donors (Lipinski definition) is 1. The maximum absolute atomic E-state index is 11.4.